The van der Waals surface area contributed by atoms with E-state index in [0.29, 0.717) is 6.04 Å². The molecule has 1 atom stereocenters. The molecule has 0 N–H and O–H groups in total. The Hall–Kier alpha value is -1.17. The van der Waals surface area contributed by atoms with Crippen LogP contribution >= 0.6 is 11.3 Å². The quantitative estimate of drug-likeness (QED) is 0.746. The third-order valence-corrected chi connectivity index (χ3v) is 5.02. The van der Waals surface area contributed by atoms with Gasteiger partial charge in [-0.05, 0) is 37.8 Å². The summed E-state index contributed by atoms with van der Waals surface area (Å²) >= 11 is 1.65. The summed E-state index contributed by atoms with van der Waals surface area (Å²) in [4.78, 5) is 7.19. The Kier molecular flexibility index (Phi) is 4.73. The summed E-state index contributed by atoms with van der Waals surface area (Å²) in [7, 11) is 1.76. The predicted octanol–water partition coefficient (Wildman–Crippen LogP) is 3.65. The fourth-order valence-electron chi connectivity index (χ4n) is 2.61. The van der Waals surface area contributed by atoms with Crippen molar-refractivity contribution in [2.45, 2.75) is 32.4 Å². The minimum Gasteiger partial charge on any atom is -0.462 e. The van der Waals surface area contributed by atoms with Gasteiger partial charge in [0.05, 0.1) is 18.6 Å². The lowest BCUT2D eigenvalue weighted by molar-refractivity contribution is 0.111. The summed E-state index contributed by atoms with van der Waals surface area (Å²) < 4.78 is 10.7. The molecular formula is C16H22N2O2S. The third-order valence-electron chi connectivity index (χ3n) is 4.11. The van der Waals surface area contributed by atoms with E-state index in [9.17, 15) is 0 Å². The topological polar surface area (TPSA) is 38.5 Å². The van der Waals surface area contributed by atoms with E-state index in [0.717, 1.165) is 42.1 Å². The third kappa shape index (κ3) is 3.73. The first-order valence-corrected chi connectivity index (χ1v) is 8.37. The molecule has 0 spiro atoms. The van der Waals surface area contributed by atoms with Crippen LogP contribution in [0.1, 0.15) is 25.5 Å². The fraction of sp³-hybridized carbons (Fsp3) is 0.562. The monoisotopic (exact) mass is 306 g/mol. The smallest absolute Gasteiger partial charge is 0.162 e. The van der Waals surface area contributed by atoms with Gasteiger partial charge in [0.2, 0.25) is 0 Å². The summed E-state index contributed by atoms with van der Waals surface area (Å²) in [6.07, 6.45) is 4.41. The van der Waals surface area contributed by atoms with Gasteiger partial charge >= 0.3 is 0 Å². The Labute approximate surface area is 129 Å². The van der Waals surface area contributed by atoms with Crippen molar-refractivity contribution < 1.29 is 9.15 Å². The molecule has 0 unspecified atom stereocenters. The second kappa shape index (κ2) is 6.73. The van der Waals surface area contributed by atoms with Gasteiger partial charge in [-0.2, -0.15) is 0 Å². The van der Waals surface area contributed by atoms with Gasteiger partial charge < -0.3 is 9.15 Å². The highest BCUT2D eigenvalue weighted by molar-refractivity contribution is 7.13. The van der Waals surface area contributed by atoms with Crippen LogP contribution in [0.4, 0.5) is 0 Å². The van der Waals surface area contributed by atoms with Crippen LogP contribution in [0.25, 0.3) is 10.8 Å². The zero-order chi connectivity index (χ0) is 14.7. The average molecular weight is 306 g/mol. The Balaban J connectivity index is 1.67. The summed E-state index contributed by atoms with van der Waals surface area (Å²) in [5, 5.41) is 3.10. The molecule has 1 aliphatic rings. The van der Waals surface area contributed by atoms with E-state index in [1.54, 1.807) is 24.7 Å². The van der Waals surface area contributed by atoms with E-state index >= 15 is 0 Å². The van der Waals surface area contributed by atoms with E-state index in [1.807, 2.05) is 12.1 Å². The lowest BCUT2D eigenvalue weighted by atomic mass is 10.2. The predicted molar refractivity (Wildman–Crippen MR) is 84.3 cm³/mol. The van der Waals surface area contributed by atoms with Crippen LogP contribution in [-0.2, 0) is 11.3 Å². The number of rotatable bonds is 8. The van der Waals surface area contributed by atoms with Crippen molar-refractivity contribution in [3.63, 3.8) is 0 Å². The van der Waals surface area contributed by atoms with Gasteiger partial charge in [-0.25, -0.2) is 4.98 Å². The van der Waals surface area contributed by atoms with Crippen LogP contribution < -0.4 is 0 Å². The molecule has 0 amide bonds. The fourth-order valence-corrected chi connectivity index (χ4v) is 3.39. The number of furan rings is 1. The molecule has 4 nitrogen and oxygen atoms in total. The average Bonchev–Trinajstić information content (AvgIpc) is 3.01. The van der Waals surface area contributed by atoms with E-state index in [2.05, 4.69) is 17.2 Å². The highest BCUT2D eigenvalue weighted by atomic mass is 32.1. The van der Waals surface area contributed by atoms with Crippen LogP contribution in [0.3, 0.4) is 0 Å². The summed E-state index contributed by atoms with van der Waals surface area (Å²) in [6.45, 7) is 4.94. The molecule has 5 heteroatoms. The first-order valence-electron chi connectivity index (χ1n) is 7.49. The minimum atomic E-state index is 0.605. The van der Waals surface area contributed by atoms with Gasteiger partial charge in [-0.1, -0.05) is 0 Å². The van der Waals surface area contributed by atoms with Gasteiger partial charge in [0.25, 0.3) is 0 Å². The van der Waals surface area contributed by atoms with Gasteiger partial charge in [0.15, 0.2) is 10.8 Å². The molecular weight excluding hydrogens is 284 g/mol. The van der Waals surface area contributed by atoms with Crippen molar-refractivity contribution >= 4 is 11.3 Å². The standard InChI is InChI=1S/C16H22N2O2S/c1-12(13-5-6-13)18(7-9-19-2)10-14-11-21-16(17-14)15-4-3-8-20-15/h3-4,8,11-13H,5-7,9-10H2,1-2H3/t12-/m1/s1. The Morgan fingerprint density at radius 3 is 3.05 bits per heavy atom. The molecule has 3 rings (SSSR count). The van der Waals surface area contributed by atoms with Crippen LogP contribution in [0.5, 0.6) is 0 Å². The Morgan fingerprint density at radius 2 is 2.38 bits per heavy atom. The van der Waals surface area contributed by atoms with E-state index < -0.39 is 0 Å². The van der Waals surface area contributed by atoms with E-state index in [4.69, 9.17) is 14.1 Å². The zero-order valence-electron chi connectivity index (χ0n) is 12.6. The number of hydrogen-bond donors (Lipinski definition) is 0. The van der Waals surface area contributed by atoms with Crippen molar-refractivity contribution in [1.82, 2.24) is 9.88 Å². The van der Waals surface area contributed by atoms with Gasteiger partial charge in [-0.3, -0.25) is 4.90 Å². The van der Waals surface area contributed by atoms with Crippen LogP contribution in [-0.4, -0.2) is 36.2 Å². The van der Waals surface area contributed by atoms with Crippen LogP contribution in [0.15, 0.2) is 28.2 Å². The highest BCUT2D eigenvalue weighted by Crippen LogP contribution is 2.35. The molecule has 0 bridgehead atoms. The Bertz CT molecular complexity index is 548. The summed E-state index contributed by atoms with van der Waals surface area (Å²) in [5.41, 5.74) is 1.12. The maximum atomic E-state index is 5.41. The molecule has 0 aromatic carbocycles. The highest BCUT2D eigenvalue weighted by Gasteiger charge is 2.32. The van der Waals surface area contributed by atoms with Gasteiger partial charge in [0, 0.05) is 31.6 Å². The molecule has 114 valence electrons. The number of ether oxygens (including phenoxy) is 1. The first kappa shape index (κ1) is 14.8. The number of thiazole rings is 1. The SMILES string of the molecule is COCCN(Cc1csc(-c2ccco2)n1)[C@H](C)C1CC1. The maximum absolute atomic E-state index is 5.41. The molecule has 2 aromatic heterocycles. The molecule has 2 aromatic rings. The zero-order valence-corrected chi connectivity index (χ0v) is 13.4. The first-order chi connectivity index (χ1) is 10.3. The molecule has 1 fully saturated rings. The van der Waals surface area contributed by atoms with Crippen LogP contribution in [0.2, 0.25) is 0 Å². The van der Waals surface area contributed by atoms with Crippen molar-refractivity contribution in [1.29, 1.82) is 0 Å². The number of methoxy groups -OCH3 is 1. The number of aromatic nitrogens is 1. The number of nitrogens with zero attached hydrogens (tertiary/aromatic N) is 2. The second-order valence-electron chi connectivity index (χ2n) is 5.66. The lowest BCUT2D eigenvalue weighted by Crippen LogP contribution is -2.36. The van der Waals surface area contributed by atoms with Crippen molar-refractivity contribution in [2.75, 3.05) is 20.3 Å². The Morgan fingerprint density at radius 1 is 1.52 bits per heavy atom. The van der Waals surface area contributed by atoms with Crippen molar-refractivity contribution in [3.8, 4) is 10.8 Å². The van der Waals surface area contributed by atoms with E-state index in [1.165, 1.54) is 12.8 Å². The second-order valence-corrected chi connectivity index (χ2v) is 6.52. The van der Waals surface area contributed by atoms with E-state index in [-0.39, 0.29) is 0 Å². The molecule has 1 saturated carbocycles. The minimum absolute atomic E-state index is 0.605. The maximum Gasteiger partial charge on any atom is 0.162 e. The molecule has 0 aliphatic heterocycles. The molecule has 2 heterocycles. The van der Waals surface area contributed by atoms with Gasteiger partial charge in [0.1, 0.15) is 0 Å². The van der Waals surface area contributed by atoms with Crippen molar-refractivity contribution in [2.24, 2.45) is 5.92 Å². The van der Waals surface area contributed by atoms with Crippen LogP contribution in [0, 0.1) is 5.92 Å². The summed E-state index contributed by atoms with van der Waals surface area (Å²) in [6, 6.07) is 4.46. The van der Waals surface area contributed by atoms with Crippen molar-refractivity contribution in [3.05, 3.63) is 29.5 Å². The largest absolute Gasteiger partial charge is 0.462 e. The summed E-state index contributed by atoms with van der Waals surface area (Å²) in [5.74, 6) is 1.70. The normalized spacial score (nSPS) is 16.5. The molecule has 21 heavy (non-hydrogen) atoms. The number of hydrogen-bond acceptors (Lipinski definition) is 5. The lowest BCUT2D eigenvalue weighted by Gasteiger charge is -2.28. The molecule has 0 radical (unpaired) electrons. The molecule has 0 saturated heterocycles. The molecule has 1 aliphatic carbocycles. The van der Waals surface area contributed by atoms with Gasteiger partial charge in [-0.15, -0.1) is 11.3 Å².